The molecule has 4 heteroatoms. The van der Waals surface area contributed by atoms with Crippen molar-refractivity contribution in [3.8, 4) is 0 Å². The normalized spacial score (nSPS) is 12.7. The predicted molar refractivity (Wildman–Crippen MR) is 106 cm³/mol. The lowest BCUT2D eigenvalue weighted by atomic mass is 10.0. The van der Waals surface area contributed by atoms with Gasteiger partial charge in [0.15, 0.2) is 0 Å². The van der Waals surface area contributed by atoms with E-state index in [4.69, 9.17) is 0 Å². The van der Waals surface area contributed by atoms with Crippen LogP contribution in [-0.4, -0.2) is 14.9 Å². The molecule has 0 aromatic carbocycles. The first kappa shape index (κ1) is 24.1. The van der Waals surface area contributed by atoms with E-state index in [0.717, 1.165) is 12.8 Å². The van der Waals surface area contributed by atoms with E-state index in [1.807, 2.05) is 0 Å². The molecule has 0 saturated carbocycles. The summed E-state index contributed by atoms with van der Waals surface area (Å²) in [6.07, 6.45) is 20.4. The highest BCUT2D eigenvalue weighted by Crippen LogP contribution is 2.52. The fraction of sp³-hybridized carbons (Fsp3) is 1.00. The van der Waals surface area contributed by atoms with Gasteiger partial charge in [-0.05, 0) is 20.3 Å². The van der Waals surface area contributed by atoms with Crippen LogP contribution in [0.2, 0.25) is 0 Å². The van der Waals surface area contributed by atoms with Crippen molar-refractivity contribution in [1.29, 1.82) is 0 Å². The van der Waals surface area contributed by atoms with Crippen LogP contribution < -0.4 is 0 Å². The summed E-state index contributed by atoms with van der Waals surface area (Å²) in [6, 6.07) is 0. The molecule has 0 aromatic rings. The zero-order chi connectivity index (χ0) is 18.3. The molecule has 0 bridgehead atoms. The average Bonchev–Trinajstić information content (AvgIpc) is 2.50. The second-order valence-electron chi connectivity index (χ2n) is 8.06. The third-order valence-corrected chi connectivity index (χ3v) is 6.98. The second kappa shape index (κ2) is 14.3. The molecule has 0 aromatic heterocycles. The average molecular weight is 363 g/mol. The molecule has 0 fully saturated rings. The van der Waals surface area contributed by atoms with Gasteiger partial charge in [0, 0.05) is 0 Å². The highest BCUT2D eigenvalue weighted by atomic mass is 31.2. The van der Waals surface area contributed by atoms with E-state index in [9.17, 15) is 14.4 Å². The zero-order valence-electron chi connectivity index (χ0n) is 16.6. The fourth-order valence-electron chi connectivity index (χ4n) is 3.07. The van der Waals surface area contributed by atoms with Gasteiger partial charge in [-0.25, -0.2) is 0 Å². The van der Waals surface area contributed by atoms with Gasteiger partial charge in [0.2, 0.25) is 0 Å². The quantitative estimate of drug-likeness (QED) is 0.212. The minimum absolute atomic E-state index is 0.621. The molecule has 0 aliphatic rings. The Hall–Kier alpha value is 0.150. The zero-order valence-corrected chi connectivity index (χ0v) is 17.5. The van der Waals surface area contributed by atoms with Crippen molar-refractivity contribution in [2.75, 3.05) is 0 Å². The van der Waals surface area contributed by atoms with E-state index in [-0.39, 0.29) is 0 Å². The molecule has 24 heavy (non-hydrogen) atoms. The summed E-state index contributed by atoms with van der Waals surface area (Å²) in [6.45, 7) is 5.62. The van der Waals surface area contributed by atoms with Gasteiger partial charge in [-0.3, -0.25) is 4.57 Å². The largest absolute Gasteiger partial charge is 0.331 e. The molecule has 0 rings (SSSR count). The van der Waals surface area contributed by atoms with Crippen molar-refractivity contribution in [3.63, 3.8) is 0 Å². The van der Waals surface area contributed by atoms with Crippen LogP contribution in [0, 0.1) is 0 Å². The molecule has 0 aliphatic heterocycles. The standard InChI is InChI=1S/C20H43O3P/c1-4-5-6-7-8-9-10-11-12-13-14-15-16-17-18-19-20(2,3)24(21,22)23/h4-19H2,1-3H3,(H2,21,22,23). The van der Waals surface area contributed by atoms with E-state index >= 15 is 0 Å². The van der Waals surface area contributed by atoms with Crippen molar-refractivity contribution >= 4 is 7.60 Å². The lowest BCUT2D eigenvalue weighted by Crippen LogP contribution is -2.19. The molecule has 0 aliphatic carbocycles. The van der Waals surface area contributed by atoms with Crippen LogP contribution in [0.1, 0.15) is 124 Å². The second-order valence-corrected chi connectivity index (χ2v) is 10.4. The lowest BCUT2D eigenvalue weighted by molar-refractivity contribution is 0.326. The molecule has 0 radical (unpaired) electrons. The van der Waals surface area contributed by atoms with Crippen LogP contribution >= 0.6 is 7.60 Å². The van der Waals surface area contributed by atoms with Crippen LogP contribution in [0.25, 0.3) is 0 Å². The van der Waals surface area contributed by atoms with Gasteiger partial charge in [0.25, 0.3) is 0 Å². The van der Waals surface area contributed by atoms with Crippen molar-refractivity contribution in [3.05, 3.63) is 0 Å². The molecule has 146 valence electrons. The lowest BCUT2D eigenvalue weighted by Gasteiger charge is -2.25. The van der Waals surface area contributed by atoms with Gasteiger partial charge in [0.1, 0.15) is 0 Å². The minimum atomic E-state index is -3.96. The number of rotatable bonds is 17. The number of hydrogen-bond donors (Lipinski definition) is 2. The van der Waals surface area contributed by atoms with Crippen LogP contribution in [0.3, 0.4) is 0 Å². The molecular weight excluding hydrogens is 319 g/mol. The highest BCUT2D eigenvalue weighted by molar-refractivity contribution is 7.53. The molecule has 0 unspecified atom stereocenters. The Morgan fingerprint density at radius 1 is 0.625 bits per heavy atom. The Kier molecular flexibility index (Phi) is 14.4. The third kappa shape index (κ3) is 13.4. The molecule has 3 nitrogen and oxygen atoms in total. The van der Waals surface area contributed by atoms with Crippen molar-refractivity contribution in [2.45, 2.75) is 129 Å². The first-order valence-corrected chi connectivity index (χ1v) is 12.0. The summed E-state index contributed by atoms with van der Waals surface area (Å²) in [7, 11) is -3.96. The van der Waals surface area contributed by atoms with Gasteiger partial charge < -0.3 is 9.79 Å². The summed E-state index contributed by atoms with van der Waals surface area (Å²) < 4.78 is 11.3. The van der Waals surface area contributed by atoms with Gasteiger partial charge in [-0.1, -0.05) is 103 Å². The molecule has 0 atom stereocenters. The first-order chi connectivity index (χ1) is 11.3. The minimum Gasteiger partial charge on any atom is -0.324 e. The Balaban J connectivity index is 3.25. The maximum absolute atomic E-state index is 11.3. The summed E-state index contributed by atoms with van der Waals surface area (Å²) in [4.78, 5) is 18.5. The summed E-state index contributed by atoms with van der Waals surface area (Å²) in [5.41, 5.74) is 0. The summed E-state index contributed by atoms with van der Waals surface area (Å²) in [5.74, 6) is 0. The molecule has 2 N–H and O–H groups in total. The monoisotopic (exact) mass is 362 g/mol. The Morgan fingerprint density at radius 2 is 0.917 bits per heavy atom. The van der Waals surface area contributed by atoms with Crippen LogP contribution in [0.15, 0.2) is 0 Å². The summed E-state index contributed by atoms with van der Waals surface area (Å²) in [5, 5.41) is -0.858. The van der Waals surface area contributed by atoms with Crippen LogP contribution in [-0.2, 0) is 4.57 Å². The van der Waals surface area contributed by atoms with Crippen LogP contribution in [0.5, 0.6) is 0 Å². The topological polar surface area (TPSA) is 57.5 Å². The molecular formula is C20H43O3P. The third-order valence-electron chi connectivity index (χ3n) is 5.18. The molecule has 0 amide bonds. The maximum Gasteiger partial charge on any atom is 0.331 e. The van der Waals surface area contributed by atoms with Gasteiger partial charge in [-0.15, -0.1) is 0 Å². The first-order valence-electron chi connectivity index (χ1n) is 10.4. The van der Waals surface area contributed by atoms with Crippen molar-refractivity contribution in [2.24, 2.45) is 0 Å². The Bertz CT molecular complexity index is 323. The fourth-order valence-corrected chi connectivity index (χ4v) is 3.52. The van der Waals surface area contributed by atoms with E-state index in [0.29, 0.717) is 6.42 Å². The van der Waals surface area contributed by atoms with Gasteiger partial charge in [-0.2, -0.15) is 0 Å². The van der Waals surface area contributed by atoms with E-state index in [2.05, 4.69) is 6.92 Å². The smallest absolute Gasteiger partial charge is 0.324 e. The van der Waals surface area contributed by atoms with Gasteiger partial charge >= 0.3 is 7.60 Å². The predicted octanol–water partition coefficient (Wildman–Crippen LogP) is 7.20. The Morgan fingerprint density at radius 3 is 1.21 bits per heavy atom. The van der Waals surface area contributed by atoms with Gasteiger partial charge in [0.05, 0.1) is 5.16 Å². The highest BCUT2D eigenvalue weighted by Gasteiger charge is 2.36. The van der Waals surface area contributed by atoms with Crippen LogP contribution in [0.4, 0.5) is 0 Å². The van der Waals surface area contributed by atoms with E-state index < -0.39 is 12.8 Å². The SMILES string of the molecule is CCCCCCCCCCCCCCCCCC(C)(C)P(=O)(O)O. The number of unbranched alkanes of at least 4 members (excludes halogenated alkanes) is 14. The number of hydrogen-bond acceptors (Lipinski definition) is 1. The Labute approximate surface area is 151 Å². The molecule has 0 saturated heterocycles. The summed E-state index contributed by atoms with van der Waals surface area (Å²) >= 11 is 0. The van der Waals surface area contributed by atoms with Crippen molar-refractivity contribution < 1.29 is 14.4 Å². The van der Waals surface area contributed by atoms with Crippen molar-refractivity contribution in [1.82, 2.24) is 0 Å². The molecule has 0 spiro atoms. The molecule has 0 heterocycles. The van der Waals surface area contributed by atoms with E-state index in [1.165, 1.54) is 83.5 Å². The maximum atomic E-state index is 11.3. The van der Waals surface area contributed by atoms with E-state index in [1.54, 1.807) is 13.8 Å².